The smallest absolute Gasteiger partial charge is 0.387 e. The Morgan fingerprint density at radius 3 is 2.35 bits per heavy atom. The second-order valence-electron chi connectivity index (χ2n) is 6.50. The van der Waals surface area contributed by atoms with E-state index < -0.39 is 61.1 Å². The molecule has 0 bridgehead atoms. The van der Waals surface area contributed by atoms with E-state index in [1.807, 2.05) is 0 Å². The Labute approximate surface area is 174 Å². The minimum atomic E-state index is -4.97. The van der Waals surface area contributed by atoms with Gasteiger partial charge in [-0.3, -0.25) is 4.57 Å². The van der Waals surface area contributed by atoms with E-state index in [0.29, 0.717) is 0 Å². The summed E-state index contributed by atoms with van der Waals surface area (Å²) in [6.45, 7) is -0.795. The van der Waals surface area contributed by atoms with Gasteiger partial charge < -0.3 is 20.7 Å². The van der Waals surface area contributed by atoms with Gasteiger partial charge in [-0.05, 0) is 0 Å². The molecule has 4 atom stereocenters. The Bertz CT molecular complexity index is 925. The van der Waals surface area contributed by atoms with Crippen LogP contribution in [0.4, 0.5) is 5.82 Å². The summed E-state index contributed by atoms with van der Waals surface area (Å²) in [5.41, 5.74) is 6.11. The molecule has 3 rings (SSSR count). The monoisotopic (exact) mass is 508 g/mol. The molecule has 174 valence electrons. The first-order valence-electron chi connectivity index (χ1n) is 8.24. The fraction of sp³-hybridized carbons (Fsp3) is 0.545. The summed E-state index contributed by atoms with van der Waals surface area (Å²) in [5.74, 6) is -1.38. The van der Waals surface area contributed by atoms with Crippen molar-refractivity contribution in [2.45, 2.75) is 24.5 Å². The predicted octanol–water partition coefficient (Wildman–Crippen LogP) is -2.83. The molecule has 0 radical (unpaired) electrons. The van der Waals surface area contributed by atoms with Crippen molar-refractivity contribution in [3.05, 3.63) is 12.7 Å². The summed E-state index contributed by atoms with van der Waals surface area (Å²) in [6, 6.07) is 0. The lowest BCUT2D eigenvalue weighted by atomic mass is 10.1. The maximum absolute atomic E-state index is 10.3. The number of fused-ring (bicyclic) bond motifs is 1. The molecule has 11 N–H and O–H groups in total. The summed E-state index contributed by atoms with van der Waals surface area (Å²) in [4.78, 5) is 76.9. The zero-order valence-corrected chi connectivity index (χ0v) is 18.0. The van der Waals surface area contributed by atoms with Crippen molar-refractivity contribution in [3.63, 3.8) is 0 Å². The zero-order valence-electron chi connectivity index (χ0n) is 15.3. The van der Waals surface area contributed by atoms with Crippen molar-refractivity contribution in [2.24, 2.45) is 0 Å². The number of nitrogens with zero attached hydrogens (tertiary/aromatic N) is 4. The van der Waals surface area contributed by atoms with Crippen LogP contribution < -0.4 is 5.73 Å². The second kappa shape index (κ2) is 8.83. The van der Waals surface area contributed by atoms with E-state index in [9.17, 15) is 29.8 Å². The lowest BCUT2D eigenvalue weighted by molar-refractivity contribution is -0.0521. The van der Waals surface area contributed by atoms with Crippen LogP contribution in [0.25, 0.3) is 11.2 Å². The molecule has 0 aliphatic carbocycles. The molecule has 3 heterocycles. The second-order valence-corrected chi connectivity index (χ2v) is 12.2. The van der Waals surface area contributed by atoms with Crippen molar-refractivity contribution in [2.75, 3.05) is 18.2 Å². The molecule has 31 heavy (non-hydrogen) atoms. The molecule has 20 heteroatoms. The van der Waals surface area contributed by atoms with E-state index in [0.717, 1.165) is 6.33 Å². The average molecular weight is 508 g/mol. The van der Waals surface area contributed by atoms with Gasteiger partial charge in [-0.25, -0.2) is 15.0 Å². The van der Waals surface area contributed by atoms with Gasteiger partial charge in [0.05, 0.1) is 10.6 Å². The van der Waals surface area contributed by atoms with Crippen LogP contribution in [0.15, 0.2) is 12.7 Å². The van der Waals surface area contributed by atoms with Gasteiger partial charge in [0.1, 0.15) is 36.8 Å². The highest BCUT2D eigenvalue weighted by molar-refractivity contribution is 7.80. The lowest BCUT2D eigenvalue weighted by Crippen LogP contribution is -2.34. The van der Waals surface area contributed by atoms with Crippen molar-refractivity contribution >= 4 is 41.0 Å². The number of aliphatic hydroxyl groups is 2. The summed E-state index contributed by atoms with van der Waals surface area (Å²) < 4.78 is 15.6. The molecule has 1 aliphatic heterocycles. The molecule has 1 fully saturated rings. The van der Waals surface area contributed by atoms with Crippen LogP contribution in [0, 0.1) is 0 Å². The Hall–Kier alpha value is -0.840. The number of hydrogen-bond donors (Lipinski definition) is 10. The van der Waals surface area contributed by atoms with Gasteiger partial charge in [0.15, 0.2) is 17.7 Å². The molecule has 0 spiro atoms. The number of imidazole rings is 1. The predicted molar refractivity (Wildman–Crippen MR) is 104 cm³/mol. The van der Waals surface area contributed by atoms with Gasteiger partial charge in [0, 0.05) is 0 Å². The van der Waals surface area contributed by atoms with Crippen LogP contribution >= 0.6 is 24.1 Å². The molecular weight excluding hydrogens is 487 g/mol. The molecule has 0 amide bonds. The van der Waals surface area contributed by atoms with Crippen LogP contribution in [0.3, 0.4) is 0 Å². The molecule has 0 aromatic carbocycles. The molecular formula is C11H21N5O12P3+3. The molecule has 1 saturated heterocycles. The first kappa shape index (κ1) is 24.8. The minimum Gasteiger partial charge on any atom is -0.387 e. The topological polar surface area (TPSA) is 279 Å². The highest BCUT2D eigenvalue weighted by atomic mass is 31.3. The number of aromatic nitrogens is 4. The molecule has 1 aliphatic rings. The van der Waals surface area contributed by atoms with Crippen LogP contribution in [0.5, 0.6) is 0 Å². The van der Waals surface area contributed by atoms with Crippen molar-refractivity contribution in [1.82, 2.24) is 19.5 Å². The normalized spacial score (nSPS) is 25.5. The van der Waals surface area contributed by atoms with Gasteiger partial charge in [-0.1, -0.05) is 0 Å². The van der Waals surface area contributed by atoms with Crippen LogP contribution in [0.1, 0.15) is 6.23 Å². The first-order chi connectivity index (χ1) is 14.2. The number of nitrogens with two attached hydrogens (primary N) is 1. The van der Waals surface area contributed by atoms with Crippen LogP contribution in [0.2, 0.25) is 0 Å². The fourth-order valence-electron chi connectivity index (χ4n) is 2.79. The SMILES string of the molecule is Nc1ncnc2c1ncn2[C@@H]1O[C@H](CO[P+](O)(O)O[P+](O)(O)C[P+](O)(O)O)[C@@H](O)[C@H]1O. The lowest BCUT2D eigenvalue weighted by Gasteiger charge is -2.16. The van der Waals surface area contributed by atoms with Gasteiger partial charge in [0.25, 0.3) is 0 Å². The first-order valence-corrected chi connectivity index (χ1v) is 13.4. The molecule has 2 aromatic rings. The van der Waals surface area contributed by atoms with E-state index in [2.05, 4.69) is 23.8 Å². The van der Waals surface area contributed by atoms with Gasteiger partial charge >= 0.3 is 30.0 Å². The van der Waals surface area contributed by atoms with E-state index in [-0.39, 0.29) is 17.0 Å². The van der Waals surface area contributed by atoms with Crippen molar-refractivity contribution in [1.29, 1.82) is 0 Å². The number of nitrogen functional groups attached to an aromatic ring is 1. The zero-order chi connectivity index (χ0) is 23.2. The van der Waals surface area contributed by atoms with E-state index >= 15 is 0 Å². The molecule has 0 unspecified atom stereocenters. The number of rotatable bonds is 8. The largest absolute Gasteiger partial charge is 0.615 e. The van der Waals surface area contributed by atoms with Gasteiger partial charge in [0.2, 0.25) is 0 Å². The van der Waals surface area contributed by atoms with Gasteiger partial charge in [-0.15, -0.1) is 4.52 Å². The fourth-order valence-corrected chi connectivity index (χ4v) is 7.33. The molecule has 0 saturated carbocycles. The highest BCUT2D eigenvalue weighted by Crippen LogP contribution is 2.74. The Balaban J connectivity index is 1.67. The molecule has 2 aromatic heterocycles. The quantitative estimate of drug-likeness (QED) is 0.161. The minimum absolute atomic E-state index is 0.0730. The standard InChI is InChI=1S/C11H21N5O12P3/c12-9-6-10(14-2-13-9)16(3-15-6)11-8(18)7(17)5(27-11)1-26-31(24,25)28-30(22,23)4-29(19,20)21/h2-3,5,7-8,11,17-25H,1,4H2,(H2,12,13,14)/q+3/t5-,7-,8-,11-/m1/s1. The summed E-state index contributed by atoms with van der Waals surface area (Å²) >= 11 is 0. The Kier molecular flexibility index (Phi) is 7.07. The summed E-state index contributed by atoms with van der Waals surface area (Å²) in [7, 11) is -14.5. The summed E-state index contributed by atoms with van der Waals surface area (Å²) in [5, 5.41) is 20.5. The van der Waals surface area contributed by atoms with Crippen molar-refractivity contribution < 1.29 is 58.0 Å². The van der Waals surface area contributed by atoms with Crippen LogP contribution in [-0.2, 0) is 13.6 Å². The third-order valence-corrected chi connectivity index (χ3v) is 9.39. The van der Waals surface area contributed by atoms with Crippen molar-refractivity contribution in [3.8, 4) is 0 Å². The van der Waals surface area contributed by atoms with E-state index in [1.54, 1.807) is 0 Å². The summed E-state index contributed by atoms with van der Waals surface area (Å²) in [6.07, 6.45) is -3.29. The number of hydrogen-bond acceptors (Lipinski definition) is 16. The maximum Gasteiger partial charge on any atom is 0.615 e. The Morgan fingerprint density at radius 2 is 1.71 bits per heavy atom. The van der Waals surface area contributed by atoms with E-state index in [1.165, 1.54) is 10.9 Å². The number of ether oxygens (including phenoxy) is 1. The highest BCUT2D eigenvalue weighted by Gasteiger charge is 2.65. The van der Waals surface area contributed by atoms with Gasteiger partial charge in [-0.2, -0.15) is 34.3 Å². The van der Waals surface area contributed by atoms with Crippen LogP contribution in [-0.4, -0.2) is 94.8 Å². The average Bonchev–Trinajstić information content (AvgIpc) is 3.13. The third-order valence-electron chi connectivity index (χ3n) is 4.02. The number of aliphatic hydroxyl groups excluding tert-OH is 2. The van der Waals surface area contributed by atoms with E-state index in [4.69, 9.17) is 25.2 Å². The third kappa shape index (κ3) is 5.94. The maximum atomic E-state index is 10.3. The number of anilines is 1. The molecule has 17 nitrogen and oxygen atoms in total. The Morgan fingerprint density at radius 1 is 1.03 bits per heavy atom.